The van der Waals surface area contributed by atoms with E-state index in [0.29, 0.717) is 12.8 Å². The first kappa shape index (κ1) is 23.0. The Labute approximate surface area is 160 Å². The van der Waals surface area contributed by atoms with Gasteiger partial charge in [-0.25, -0.2) is 0 Å². The third-order valence-corrected chi connectivity index (χ3v) is 5.67. The lowest BCUT2D eigenvalue weighted by molar-refractivity contribution is -0.268. The molecule has 1 saturated carbocycles. The molecule has 0 atom stereocenters. The van der Waals surface area contributed by atoms with E-state index in [1.54, 1.807) is 0 Å². The first-order chi connectivity index (χ1) is 12.2. The second-order valence-corrected chi connectivity index (χ2v) is 9.00. The maximum atomic E-state index is 12.2. The van der Waals surface area contributed by atoms with Crippen molar-refractivity contribution in [3.8, 4) is 0 Å². The molecule has 0 spiro atoms. The summed E-state index contributed by atoms with van der Waals surface area (Å²) >= 11 is 0. The van der Waals surface area contributed by atoms with Gasteiger partial charge in [0.05, 0.1) is 0 Å². The minimum absolute atomic E-state index is 0.128. The average molecular weight is 369 g/mol. The second-order valence-electron chi connectivity index (χ2n) is 9.00. The van der Waals surface area contributed by atoms with E-state index >= 15 is 0 Å². The summed E-state index contributed by atoms with van der Waals surface area (Å²) in [4.78, 5) is 24.4. The summed E-state index contributed by atoms with van der Waals surface area (Å²) in [5.74, 6) is -0.256. The van der Waals surface area contributed by atoms with Gasteiger partial charge in [-0.1, -0.05) is 80.1 Å². The van der Waals surface area contributed by atoms with Gasteiger partial charge in [-0.3, -0.25) is 9.59 Å². The molecule has 0 bridgehead atoms. The largest absolute Gasteiger partial charge is 0.461 e. The number of carbonyl (C=O) groups excluding carboxylic acids is 2. The van der Waals surface area contributed by atoms with Gasteiger partial charge in [0.15, 0.2) is 0 Å². The summed E-state index contributed by atoms with van der Waals surface area (Å²) < 4.78 is 11.6. The van der Waals surface area contributed by atoms with Crippen LogP contribution in [0.1, 0.15) is 106 Å². The molecule has 1 aliphatic rings. The Morgan fingerprint density at radius 3 is 1.31 bits per heavy atom. The van der Waals surface area contributed by atoms with Crippen LogP contribution in [-0.2, 0) is 19.1 Å². The van der Waals surface area contributed by atoms with E-state index < -0.39 is 0 Å². The monoisotopic (exact) mass is 368 g/mol. The van der Waals surface area contributed by atoms with E-state index in [4.69, 9.17) is 9.47 Å². The molecule has 0 amide bonds. The summed E-state index contributed by atoms with van der Waals surface area (Å²) in [6.45, 7) is 12.4. The van der Waals surface area contributed by atoms with Crippen LogP contribution in [0.4, 0.5) is 0 Å². The van der Waals surface area contributed by atoms with Crippen LogP contribution in [0.2, 0.25) is 0 Å². The topological polar surface area (TPSA) is 52.6 Å². The molecular weight excluding hydrogens is 328 g/mol. The molecule has 0 heterocycles. The third-order valence-electron chi connectivity index (χ3n) is 5.67. The fraction of sp³-hybridized carbons (Fsp3) is 0.909. The summed E-state index contributed by atoms with van der Waals surface area (Å²) in [6, 6.07) is 0. The molecule has 1 fully saturated rings. The van der Waals surface area contributed by atoms with Crippen molar-refractivity contribution < 1.29 is 19.1 Å². The van der Waals surface area contributed by atoms with Gasteiger partial charge in [-0.2, -0.15) is 0 Å². The van der Waals surface area contributed by atoms with E-state index in [1.165, 1.54) is 0 Å². The molecule has 0 aromatic heterocycles. The van der Waals surface area contributed by atoms with Crippen molar-refractivity contribution >= 4 is 11.9 Å². The highest BCUT2D eigenvalue weighted by atomic mass is 16.6. The van der Waals surface area contributed by atoms with Gasteiger partial charge in [-0.05, 0) is 12.8 Å². The molecule has 0 aromatic rings. The summed E-state index contributed by atoms with van der Waals surface area (Å²) in [5.41, 5.74) is -0.691. The van der Waals surface area contributed by atoms with Gasteiger partial charge < -0.3 is 9.47 Å². The lowest BCUT2D eigenvalue weighted by Gasteiger charge is -2.61. The van der Waals surface area contributed by atoms with Crippen LogP contribution in [0, 0.1) is 10.8 Å². The standard InChI is InChI=1S/C22H40O4/c1-7-9-11-13-15-17(23)25-19-21(3,4)20(22(19,5)6)26-18(24)16-14-12-10-8-2/h19-20H,7-16H2,1-6H3. The maximum absolute atomic E-state index is 12.2. The van der Waals surface area contributed by atoms with Gasteiger partial charge >= 0.3 is 11.9 Å². The quantitative estimate of drug-likeness (QED) is 0.322. The normalized spacial score (nSPS) is 23.2. The highest BCUT2D eigenvalue weighted by Gasteiger charge is 2.66. The van der Waals surface area contributed by atoms with Gasteiger partial charge in [0.25, 0.3) is 0 Å². The first-order valence-corrected chi connectivity index (χ1v) is 10.6. The summed E-state index contributed by atoms with van der Waals surface area (Å²) in [7, 11) is 0. The van der Waals surface area contributed by atoms with Crippen LogP contribution < -0.4 is 0 Å². The van der Waals surface area contributed by atoms with Gasteiger partial charge in [-0.15, -0.1) is 0 Å². The van der Waals surface area contributed by atoms with Gasteiger partial charge in [0.2, 0.25) is 0 Å². The number of carbonyl (C=O) groups is 2. The smallest absolute Gasteiger partial charge is 0.306 e. The Morgan fingerprint density at radius 1 is 0.654 bits per heavy atom. The Bertz CT molecular complexity index is 399. The van der Waals surface area contributed by atoms with Crippen LogP contribution in [0.3, 0.4) is 0 Å². The molecule has 0 aliphatic heterocycles. The molecule has 1 rings (SSSR count). The van der Waals surface area contributed by atoms with Crippen molar-refractivity contribution in [2.45, 2.75) is 118 Å². The molecule has 4 heteroatoms. The molecule has 4 nitrogen and oxygen atoms in total. The van der Waals surface area contributed by atoms with Crippen molar-refractivity contribution in [2.75, 3.05) is 0 Å². The molecule has 26 heavy (non-hydrogen) atoms. The number of hydrogen-bond donors (Lipinski definition) is 0. The molecule has 0 N–H and O–H groups in total. The Kier molecular flexibility index (Phi) is 9.12. The zero-order valence-corrected chi connectivity index (χ0v) is 17.9. The zero-order chi connectivity index (χ0) is 19.8. The highest BCUT2D eigenvalue weighted by molar-refractivity contribution is 5.71. The Balaban J connectivity index is 2.49. The maximum Gasteiger partial charge on any atom is 0.306 e. The van der Waals surface area contributed by atoms with Gasteiger partial charge in [0, 0.05) is 23.7 Å². The molecule has 0 unspecified atom stereocenters. The molecule has 0 aromatic carbocycles. The van der Waals surface area contributed by atoms with Crippen molar-refractivity contribution in [2.24, 2.45) is 10.8 Å². The Hall–Kier alpha value is -1.06. The molecular formula is C22H40O4. The van der Waals surface area contributed by atoms with E-state index in [1.807, 2.05) is 27.7 Å². The predicted octanol–water partition coefficient (Wildman–Crippen LogP) is 5.82. The fourth-order valence-corrected chi connectivity index (χ4v) is 4.48. The van der Waals surface area contributed by atoms with Crippen LogP contribution in [0.25, 0.3) is 0 Å². The van der Waals surface area contributed by atoms with Crippen LogP contribution in [0.5, 0.6) is 0 Å². The van der Waals surface area contributed by atoms with E-state index in [-0.39, 0.29) is 35.0 Å². The lowest BCUT2D eigenvalue weighted by Crippen LogP contribution is -2.69. The van der Waals surface area contributed by atoms with Crippen LogP contribution in [0.15, 0.2) is 0 Å². The van der Waals surface area contributed by atoms with Crippen LogP contribution >= 0.6 is 0 Å². The number of rotatable bonds is 12. The molecule has 152 valence electrons. The summed E-state index contributed by atoms with van der Waals surface area (Å²) in [6.07, 6.45) is 9.06. The second kappa shape index (κ2) is 10.3. The number of unbranched alkanes of at least 4 members (excludes halogenated alkanes) is 6. The molecule has 0 radical (unpaired) electrons. The number of hydrogen-bond acceptors (Lipinski definition) is 4. The van der Waals surface area contributed by atoms with Crippen molar-refractivity contribution in [3.63, 3.8) is 0 Å². The highest BCUT2D eigenvalue weighted by Crippen LogP contribution is 2.57. The summed E-state index contributed by atoms with van der Waals surface area (Å²) in [5, 5.41) is 0. The SMILES string of the molecule is CCCCCCC(=O)OC1C(C)(C)C(OC(=O)CCCCCC)C1(C)C. The van der Waals surface area contributed by atoms with E-state index in [0.717, 1.165) is 51.4 Å². The lowest BCUT2D eigenvalue weighted by atomic mass is 9.51. The average Bonchev–Trinajstić information content (AvgIpc) is 2.58. The van der Waals surface area contributed by atoms with E-state index in [9.17, 15) is 9.59 Å². The van der Waals surface area contributed by atoms with Crippen LogP contribution in [-0.4, -0.2) is 24.1 Å². The van der Waals surface area contributed by atoms with Crippen molar-refractivity contribution in [1.29, 1.82) is 0 Å². The van der Waals surface area contributed by atoms with Crippen molar-refractivity contribution in [1.82, 2.24) is 0 Å². The predicted molar refractivity (Wildman–Crippen MR) is 105 cm³/mol. The number of ether oxygens (including phenoxy) is 2. The minimum Gasteiger partial charge on any atom is -0.461 e. The molecule has 0 saturated heterocycles. The zero-order valence-electron chi connectivity index (χ0n) is 17.9. The fourth-order valence-electron chi connectivity index (χ4n) is 4.48. The third kappa shape index (κ3) is 5.99. The first-order valence-electron chi connectivity index (χ1n) is 10.6. The van der Waals surface area contributed by atoms with Crippen molar-refractivity contribution in [3.05, 3.63) is 0 Å². The van der Waals surface area contributed by atoms with E-state index in [2.05, 4.69) is 13.8 Å². The van der Waals surface area contributed by atoms with Gasteiger partial charge in [0.1, 0.15) is 12.2 Å². The Morgan fingerprint density at radius 2 is 1.00 bits per heavy atom. The molecule has 1 aliphatic carbocycles. The number of esters is 2. The minimum atomic E-state index is -0.346.